The minimum absolute atomic E-state index is 0.245. The molecule has 1 aliphatic carbocycles. The lowest BCUT2D eigenvalue weighted by atomic mass is 9.84. The van der Waals surface area contributed by atoms with E-state index < -0.39 is 5.97 Å². The molecule has 0 saturated heterocycles. The number of hydrogen-bond acceptors (Lipinski definition) is 2. The number of carboxylic acid groups (broad SMARTS) is 1. The molecule has 3 rings (SSSR count). The Balaban J connectivity index is 1.95. The van der Waals surface area contributed by atoms with Gasteiger partial charge in [0, 0.05) is 23.0 Å². The van der Waals surface area contributed by atoms with E-state index in [9.17, 15) is 4.79 Å². The van der Waals surface area contributed by atoms with Crippen molar-refractivity contribution in [1.29, 1.82) is 0 Å². The summed E-state index contributed by atoms with van der Waals surface area (Å²) in [4.78, 5) is 14.3. The van der Waals surface area contributed by atoms with Gasteiger partial charge in [-0.2, -0.15) is 0 Å². The summed E-state index contributed by atoms with van der Waals surface area (Å²) in [7, 11) is 0. The van der Waals surface area contributed by atoms with Crippen LogP contribution in [0.1, 0.15) is 31.0 Å². The first-order chi connectivity index (χ1) is 9.67. The molecule has 0 saturated carbocycles. The number of ether oxygens (including phenoxy) is 1. The van der Waals surface area contributed by atoms with Crippen LogP contribution in [-0.4, -0.2) is 22.7 Å². The van der Waals surface area contributed by atoms with Crippen molar-refractivity contribution < 1.29 is 14.6 Å². The van der Waals surface area contributed by atoms with Crippen molar-refractivity contribution in [3.63, 3.8) is 0 Å². The van der Waals surface area contributed by atoms with Crippen LogP contribution in [0.15, 0.2) is 18.2 Å². The van der Waals surface area contributed by atoms with Crippen LogP contribution in [-0.2, 0) is 17.6 Å². The van der Waals surface area contributed by atoms with E-state index in [1.54, 1.807) is 0 Å². The van der Waals surface area contributed by atoms with Gasteiger partial charge in [0.2, 0.25) is 0 Å². The van der Waals surface area contributed by atoms with E-state index in [4.69, 9.17) is 9.84 Å². The van der Waals surface area contributed by atoms with Crippen molar-refractivity contribution in [2.45, 2.75) is 32.6 Å². The van der Waals surface area contributed by atoms with Gasteiger partial charge in [0.05, 0.1) is 6.61 Å². The number of aryl methyl sites for hydroxylation is 1. The van der Waals surface area contributed by atoms with Crippen LogP contribution in [0.3, 0.4) is 0 Å². The third-order valence-corrected chi connectivity index (χ3v) is 4.04. The van der Waals surface area contributed by atoms with Crippen molar-refractivity contribution in [2.75, 3.05) is 6.61 Å². The average molecular weight is 273 g/mol. The molecule has 0 spiro atoms. The summed E-state index contributed by atoms with van der Waals surface area (Å²) in [6.45, 7) is 2.62. The number of carboxylic acids is 1. The van der Waals surface area contributed by atoms with E-state index in [1.165, 1.54) is 16.6 Å². The van der Waals surface area contributed by atoms with Crippen molar-refractivity contribution in [3.05, 3.63) is 29.5 Å². The maximum absolute atomic E-state index is 10.9. The predicted octanol–water partition coefficient (Wildman–Crippen LogP) is 3.15. The van der Waals surface area contributed by atoms with Crippen molar-refractivity contribution >= 4 is 16.9 Å². The Morgan fingerprint density at radius 1 is 1.50 bits per heavy atom. The fourth-order valence-electron chi connectivity index (χ4n) is 3.15. The smallest absolute Gasteiger partial charge is 0.303 e. The lowest BCUT2D eigenvalue weighted by molar-refractivity contribution is -0.138. The second kappa shape index (κ2) is 5.19. The molecule has 2 aromatic rings. The number of hydrogen-bond donors (Lipinski definition) is 2. The lowest BCUT2D eigenvalue weighted by Crippen LogP contribution is -2.16. The average Bonchev–Trinajstić information content (AvgIpc) is 2.76. The van der Waals surface area contributed by atoms with Gasteiger partial charge in [-0.05, 0) is 55.9 Å². The topological polar surface area (TPSA) is 62.3 Å². The van der Waals surface area contributed by atoms with Crippen LogP contribution >= 0.6 is 0 Å². The van der Waals surface area contributed by atoms with Gasteiger partial charge in [-0.15, -0.1) is 0 Å². The van der Waals surface area contributed by atoms with E-state index in [0.717, 1.165) is 30.5 Å². The summed E-state index contributed by atoms with van der Waals surface area (Å²) in [6, 6.07) is 6.09. The van der Waals surface area contributed by atoms with E-state index in [0.29, 0.717) is 6.61 Å². The van der Waals surface area contributed by atoms with Gasteiger partial charge in [0.25, 0.3) is 0 Å². The fraction of sp³-hybridized carbons (Fsp3) is 0.438. The molecule has 0 bridgehead atoms. The van der Waals surface area contributed by atoms with Crippen molar-refractivity contribution in [1.82, 2.24) is 4.98 Å². The van der Waals surface area contributed by atoms with Crippen LogP contribution < -0.4 is 4.74 Å². The first kappa shape index (κ1) is 13.0. The van der Waals surface area contributed by atoms with Crippen LogP contribution in [0.4, 0.5) is 0 Å². The number of aromatic amines is 1. The summed E-state index contributed by atoms with van der Waals surface area (Å²) in [6.07, 6.45) is 2.99. The number of nitrogens with one attached hydrogen (secondary N) is 1. The number of fused-ring (bicyclic) bond motifs is 3. The van der Waals surface area contributed by atoms with Gasteiger partial charge in [0.15, 0.2) is 0 Å². The van der Waals surface area contributed by atoms with Crippen molar-refractivity contribution in [3.8, 4) is 5.75 Å². The third-order valence-electron chi connectivity index (χ3n) is 4.04. The minimum Gasteiger partial charge on any atom is -0.494 e. The Bertz CT molecular complexity index is 644. The Kier molecular flexibility index (Phi) is 3.38. The Hall–Kier alpha value is -1.97. The fourth-order valence-corrected chi connectivity index (χ4v) is 3.15. The highest BCUT2D eigenvalue weighted by Crippen LogP contribution is 2.34. The van der Waals surface area contributed by atoms with E-state index in [2.05, 4.69) is 11.1 Å². The quantitative estimate of drug-likeness (QED) is 0.899. The lowest BCUT2D eigenvalue weighted by Gasteiger charge is -2.20. The Labute approximate surface area is 117 Å². The SMILES string of the molecule is CCOc1ccc2[nH]c3c(c2c1)CC(CC(=O)O)CC3. The van der Waals surface area contributed by atoms with Gasteiger partial charge in [-0.3, -0.25) is 4.79 Å². The van der Waals surface area contributed by atoms with Crippen LogP contribution in [0.5, 0.6) is 5.75 Å². The number of aromatic nitrogens is 1. The molecule has 1 aromatic heterocycles. The van der Waals surface area contributed by atoms with Gasteiger partial charge in [0.1, 0.15) is 5.75 Å². The molecule has 106 valence electrons. The molecule has 1 aromatic carbocycles. The molecule has 4 nitrogen and oxygen atoms in total. The maximum atomic E-state index is 10.9. The molecular formula is C16H19NO3. The summed E-state index contributed by atoms with van der Waals surface area (Å²) < 4.78 is 5.56. The first-order valence-electron chi connectivity index (χ1n) is 7.15. The van der Waals surface area contributed by atoms with E-state index in [1.807, 2.05) is 19.1 Å². The third kappa shape index (κ3) is 2.38. The molecule has 1 heterocycles. The van der Waals surface area contributed by atoms with Gasteiger partial charge in [-0.1, -0.05) is 0 Å². The van der Waals surface area contributed by atoms with Crippen LogP contribution in [0.2, 0.25) is 0 Å². The standard InChI is InChI=1S/C16H19NO3/c1-2-20-11-4-6-15-13(9-11)12-7-10(8-16(18)19)3-5-14(12)17-15/h4,6,9-10,17H,2-3,5,7-8H2,1H3,(H,18,19). The maximum Gasteiger partial charge on any atom is 0.303 e. The molecule has 4 heteroatoms. The molecule has 1 unspecified atom stereocenters. The molecule has 20 heavy (non-hydrogen) atoms. The van der Waals surface area contributed by atoms with E-state index >= 15 is 0 Å². The molecule has 0 aliphatic heterocycles. The summed E-state index contributed by atoms with van der Waals surface area (Å²) >= 11 is 0. The number of aliphatic carboxylic acids is 1. The second-order valence-electron chi connectivity index (χ2n) is 5.43. The zero-order valence-electron chi connectivity index (χ0n) is 11.6. The monoisotopic (exact) mass is 273 g/mol. The molecule has 1 atom stereocenters. The Morgan fingerprint density at radius 2 is 2.35 bits per heavy atom. The van der Waals surface area contributed by atoms with Crippen molar-refractivity contribution in [2.24, 2.45) is 5.92 Å². The van der Waals surface area contributed by atoms with Gasteiger partial charge in [-0.25, -0.2) is 0 Å². The molecule has 0 radical (unpaired) electrons. The summed E-state index contributed by atoms with van der Waals surface area (Å²) in [5, 5.41) is 10.1. The largest absolute Gasteiger partial charge is 0.494 e. The molecular weight excluding hydrogens is 254 g/mol. The number of benzene rings is 1. The van der Waals surface area contributed by atoms with Gasteiger partial charge >= 0.3 is 5.97 Å². The summed E-state index contributed by atoms with van der Waals surface area (Å²) in [5.74, 6) is 0.421. The highest BCUT2D eigenvalue weighted by atomic mass is 16.5. The summed E-state index contributed by atoms with van der Waals surface area (Å²) in [5.41, 5.74) is 3.66. The number of carbonyl (C=O) groups is 1. The van der Waals surface area contributed by atoms with Crippen LogP contribution in [0, 0.1) is 5.92 Å². The zero-order chi connectivity index (χ0) is 14.1. The molecule has 0 fully saturated rings. The predicted molar refractivity (Wildman–Crippen MR) is 77.2 cm³/mol. The zero-order valence-corrected chi connectivity index (χ0v) is 11.6. The molecule has 2 N–H and O–H groups in total. The van der Waals surface area contributed by atoms with E-state index in [-0.39, 0.29) is 12.3 Å². The first-order valence-corrected chi connectivity index (χ1v) is 7.15. The highest BCUT2D eigenvalue weighted by Gasteiger charge is 2.24. The Morgan fingerprint density at radius 3 is 3.10 bits per heavy atom. The molecule has 1 aliphatic rings. The normalized spacial score (nSPS) is 17.9. The number of rotatable bonds is 4. The minimum atomic E-state index is -0.701. The van der Waals surface area contributed by atoms with Crippen LogP contribution in [0.25, 0.3) is 10.9 Å². The number of H-pyrrole nitrogens is 1. The highest BCUT2D eigenvalue weighted by molar-refractivity contribution is 5.86. The molecule has 0 amide bonds. The second-order valence-corrected chi connectivity index (χ2v) is 5.43. The van der Waals surface area contributed by atoms with Gasteiger partial charge < -0.3 is 14.8 Å².